The molecule has 0 spiro atoms. The van der Waals surface area contributed by atoms with Gasteiger partial charge < -0.3 is 14.2 Å². The van der Waals surface area contributed by atoms with Gasteiger partial charge in [-0.2, -0.15) is 0 Å². The molecule has 0 N–H and O–H groups in total. The van der Waals surface area contributed by atoms with E-state index >= 15 is 0 Å². The number of hydrogen-bond acceptors (Lipinski definition) is 6. The number of rotatable bonds is 61. The van der Waals surface area contributed by atoms with Gasteiger partial charge in [-0.3, -0.25) is 14.4 Å². The van der Waals surface area contributed by atoms with Crippen molar-refractivity contribution >= 4 is 17.9 Å². The molecule has 1 atom stereocenters. The highest BCUT2D eigenvalue weighted by atomic mass is 16.6. The third-order valence-electron chi connectivity index (χ3n) is 14.8. The maximum atomic E-state index is 12.9. The Labute approximate surface area is 472 Å². The van der Waals surface area contributed by atoms with Crippen molar-refractivity contribution in [1.29, 1.82) is 0 Å². The fourth-order valence-corrected chi connectivity index (χ4v) is 9.79. The van der Waals surface area contributed by atoms with Crippen molar-refractivity contribution in [3.8, 4) is 0 Å². The van der Waals surface area contributed by atoms with Crippen LogP contribution in [0.15, 0.2) is 60.8 Å². The van der Waals surface area contributed by atoms with E-state index in [9.17, 15) is 14.4 Å². The van der Waals surface area contributed by atoms with Crippen LogP contribution in [0.2, 0.25) is 0 Å². The van der Waals surface area contributed by atoms with E-state index in [1.807, 2.05) is 0 Å². The monoisotopic (exact) mass is 1060 g/mol. The summed E-state index contributed by atoms with van der Waals surface area (Å²) >= 11 is 0. The maximum Gasteiger partial charge on any atom is 0.306 e. The largest absolute Gasteiger partial charge is 0.462 e. The fraction of sp³-hybridized carbons (Fsp3) is 0.814. The van der Waals surface area contributed by atoms with Crippen LogP contribution in [0.3, 0.4) is 0 Å². The summed E-state index contributed by atoms with van der Waals surface area (Å²) in [6, 6.07) is 0. The van der Waals surface area contributed by atoms with E-state index in [-0.39, 0.29) is 31.1 Å². The molecular formula is C70H126O6. The minimum Gasteiger partial charge on any atom is -0.462 e. The molecule has 6 heteroatoms. The molecule has 442 valence electrons. The van der Waals surface area contributed by atoms with Gasteiger partial charge in [-0.05, 0) is 83.5 Å². The van der Waals surface area contributed by atoms with Gasteiger partial charge in [0.1, 0.15) is 13.2 Å². The molecular weight excluding hydrogens is 937 g/mol. The van der Waals surface area contributed by atoms with E-state index < -0.39 is 6.10 Å². The summed E-state index contributed by atoms with van der Waals surface area (Å²) in [7, 11) is 0. The van der Waals surface area contributed by atoms with E-state index in [4.69, 9.17) is 14.2 Å². The summed E-state index contributed by atoms with van der Waals surface area (Å²) in [4.78, 5) is 38.3. The van der Waals surface area contributed by atoms with Crippen molar-refractivity contribution in [2.45, 2.75) is 354 Å². The van der Waals surface area contributed by atoms with Gasteiger partial charge in [-0.1, -0.05) is 306 Å². The Balaban J connectivity index is 4.32. The van der Waals surface area contributed by atoms with Crippen LogP contribution in [0, 0.1) is 0 Å². The molecule has 0 aliphatic heterocycles. The zero-order chi connectivity index (χ0) is 55.0. The standard InChI is InChI=1S/C70H126O6/c1-4-7-10-13-16-19-22-25-28-30-32-33-34-35-36-38-39-42-45-48-51-54-57-60-63-69(72)75-66-67(65-74-68(71)62-59-56-53-50-47-44-41-27-24-21-18-15-12-9-6-3)76-70(73)64-61-58-55-52-49-46-43-40-37-31-29-26-23-20-17-14-11-8-5-2/h9,12,18,21,26-27,29,41,47,50,67H,4-8,10-11,13-17,19-20,22-25,28,30-40,42-46,48-49,51-66H2,1-3H3/b12-9-,21-18-,29-26-,41-27-,50-47-. The number of hydrogen-bond donors (Lipinski definition) is 0. The van der Waals surface area contributed by atoms with Crippen LogP contribution in [-0.4, -0.2) is 37.2 Å². The van der Waals surface area contributed by atoms with Gasteiger partial charge in [-0.15, -0.1) is 0 Å². The highest BCUT2D eigenvalue weighted by molar-refractivity contribution is 5.71. The first-order valence-electron chi connectivity index (χ1n) is 33.3. The highest BCUT2D eigenvalue weighted by Gasteiger charge is 2.19. The van der Waals surface area contributed by atoms with Gasteiger partial charge in [0.2, 0.25) is 0 Å². The summed E-state index contributed by atoms with van der Waals surface area (Å²) in [6.07, 6.45) is 82.4. The summed E-state index contributed by atoms with van der Waals surface area (Å²) in [5.74, 6) is -0.910. The maximum absolute atomic E-state index is 12.9. The summed E-state index contributed by atoms with van der Waals surface area (Å²) in [5.41, 5.74) is 0. The Hall–Kier alpha value is -2.89. The third kappa shape index (κ3) is 62.0. The molecule has 1 unspecified atom stereocenters. The number of carbonyl (C=O) groups is 3. The number of ether oxygens (including phenoxy) is 3. The average Bonchev–Trinajstić information content (AvgIpc) is 3.42. The molecule has 0 aromatic heterocycles. The van der Waals surface area contributed by atoms with Crippen LogP contribution in [0.1, 0.15) is 348 Å². The van der Waals surface area contributed by atoms with Gasteiger partial charge in [0.15, 0.2) is 6.10 Å². The Bertz CT molecular complexity index is 1360. The molecule has 76 heavy (non-hydrogen) atoms. The van der Waals surface area contributed by atoms with E-state index in [1.165, 1.54) is 225 Å². The van der Waals surface area contributed by atoms with Gasteiger partial charge in [0.25, 0.3) is 0 Å². The predicted molar refractivity (Wildman–Crippen MR) is 330 cm³/mol. The summed E-state index contributed by atoms with van der Waals surface area (Å²) in [5, 5.41) is 0. The molecule has 0 bridgehead atoms. The quantitative estimate of drug-likeness (QED) is 0.0261. The molecule has 0 radical (unpaired) electrons. The molecule has 0 saturated heterocycles. The van der Waals surface area contributed by atoms with Crippen molar-refractivity contribution < 1.29 is 28.6 Å². The van der Waals surface area contributed by atoms with Gasteiger partial charge in [0.05, 0.1) is 0 Å². The van der Waals surface area contributed by atoms with Crippen LogP contribution in [0.25, 0.3) is 0 Å². The molecule has 0 heterocycles. The minimum atomic E-state index is -0.792. The third-order valence-corrected chi connectivity index (χ3v) is 14.8. The Morgan fingerprint density at radius 2 is 0.513 bits per heavy atom. The number of unbranched alkanes of at least 4 members (excludes halogenated alkanes) is 40. The Morgan fingerprint density at radius 1 is 0.276 bits per heavy atom. The Morgan fingerprint density at radius 3 is 0.842 bits per heavy atom. The second-order valence-corrected chi connectivity index (χ2v) is 22.4. The van der Waals surface area contributed by atoms with Crippen LogP contribution >= 0.6 is 0 Å². The van der Waals surface area contributed by atoms with Crippen LogP contribution in [0.4, 0.5) is 0 Å². The molecule has 0 aromatic rings. The molecule has 0 fully saturated rings. The van der Waals surface area contributed by atoms with Crippen molar-refractivity contribution in [2.75, 3.05) is 13.2 Å². The van der Waals surface area contributed by atoms with Crippen LogP contribution < -0.4 is 0 Å². The van der Waals surface area contributed by atoms with E-state index in [2.05, 4.69) is 81.5 Å². The highest BCUT2D eigenvalue weighted by Crippen LogP contribution is 2.18. The van der Waals surface area contributed by atoms with Crippen molar-refractivity contribution in [3.05, 3.63) is 60.8 Å². The molecule has 0 rings (SSSR count). The smallest absolute Gasteiger partial charge is 0.306 e. The van der Waals surface area contributed by atoms with E-state index in [1.54, 1.807) is 0 Å². The Kier molecular flexibility index (Phi) is 62.2. The normalized spacial score (nSPS) is 12.4. The summed E-state index contributed by atoms with van der Waals surface area (Å²) < 4.78 is 16.9. The van der Waals surface area contributed by atoms with Gasteiger partial charge in [0, 0.05) is 19.3 Å². The SMILES string of the molecule is CC/C=C\C/C=C\C/C=C\C/C=C\CCCCC(=O)OCC(COC(=O)CCCCCCCCCCCCCCCCCCCCCCCCCC)OC(=O)CCCCCCCCCCC/C=C\CCCCCCCC. The first kappa shape index (κ1) is 73.1. The van der Waals surface area contributed by atoms with E-state index in [0.717, 1.165) is 83.5 Å². The molecule has 0 aliphatic rings. The molecule has 0 aromatic carbocycles. The molecule has 0 amide bonds. The second-order valence-electron chi connectivity index (χ2n) is 22.4. The lowest BCUT2D eigenvalue weighted by molar-refractivity contribution is -0.167. The first-order chi connectivity index (χ1) is 37.5. The van der Waals surface area contributed by atoms with Crippen LogP contribution in [-0.2, 0) is 28.6 Å². The topological polar surface area (TPSA) is 78.9 Å². The molecule has 6 nitrogen and oxygen atoms in total. The number of esters is 3. The van der Waals surface area contributed by atoms with Gasteiger partial charge in [-0.25, -0.2) is 0 Å². The lowest BCUT2D eigenvalue weighted by atomic mass is 10.0. The second kappa shape index (κ2) is 64.6. The van der Waals surface area contributed by atoms with Crippen LogP contribution in [0.5, 0.6) is 0 Å². The van der Waals surface area contributed by atoms with Gasteiger partial charge >= 0.3 is 17.9 Å². The number of allylic oxidation sites excluding steroid dienone is 10. The van der Waals surface area contributed by atoms with Crippen molar-refractivity contribution in [2.24, 2.45) is 0 Å². The number of carbonyl (C=O) groups excluding carboxylic acids is 3. The first-order valence-corrected chi connectivity index (χ1v) is 33.3. The molecule has 0 saturated carbocycles. The predicted octanol–water partition coefficient (Wildman–Crippen LogP) is 22.7. The molecule has 0 aliphatic carbocycles. The minimum absolute atomic E-state index is 0.0848. The zero-order valence-electron chi connectivity index (χ0n) is 50.8. The lowest BCUT2D eigenvalue weighted by Crippen LogP contribution is -2.30. The van der Waals surface area contributed by atoms with E-state index in [0.29, 0.717) is 19.3 Å². The van der Waals surface area contributed by atoms with Crippen molar-refractivity contribution in [3.63, 3.8) is 0 Å². The lowest BCUT2D eigenvalue weighted by Gasteiger charge is -2.18. The summed E-state index contributed by atoms with van der Waals surface area (Å²) in [6.45, 7) is 6.54. The average molecular weight is 1060 g/mol. The van der Waals surface area contributed by atoms with Crippen molar-refractivity contribution in [1.82, 2.24) is 0 Å². The zero-order valence-corrected chi connectivity index (χ0v) is 50.8. The fourth-order valence-electron chi connectivity index (χ4n) is 9.79.